The van der Waals surface area contributed by atoms with E-state index in [9.17, 15) is 4.79 Å². The van der Waals surface area contributed by atoms with Crippen molar-refractivity contribution in [1.82, 2.24) is 9.55 Å². The Morgan fingerprint density at radius 1 is 1.53 bits per heavy atom. The van der Waals surface area contributed by atoms with Crippen molar-refractivity contribution < 1.29 is 4.79 Å². The van der Waals surface area contributed by atoms with Crippen LogP contribution in [0.2, 0.25) is 0 Å². The minimum absolute atomic E-state index is 0.315. The minimum Gasteiger partial charge on any atom is -0.370 e. The van der Waals surface area contributed by atoms with Gasteiger partial charge in [-0.2, -0.15) is 0 Å². The standard InChI is InChI=1S/C12H14N4OS2/c1-16-9-5-3-2-4-8(9)14-11(16)15-12(18)19-7-6-10(13)17/h2-5H,6-7H2,1H3,(H2,13,17)(H,14,15,18). The van der Waals surface area contributed by atoms with E-state index in [2.05, 4.69) is 10.3 Å². The van der Waals surface area contributed by atoms with Crippen LogP contribution < -0.4 is 11.1 Å². The molecule has 1 aromatic heterocycles. The maximum absolute atomic E-state index is 10.6. The van der Waals surface area contributed by atoms with Crippen LogP contribution in [0.15, 0.2) is 24.3 Å². The van der Waals surface area contributed by atoms with E-state index in [0.29, 0.717) is 22.4 Å². The molecule has 5 nitrogen and oxygen atoms in total. The molecule has 0 saturated heterocycles. The highest BCUT2D eigenvalue weighted by atomic mass is 32.2. The van der Waals surface area contributed by atoms with Gasteiger partial charge in [0.15, 0.2) is 0 Å². The first-order valence-electron chi connectivity index (χ1n) is 5.71. The summed E-state index contributed by atoms with van der Waals surface area (Å²) in [6.07, 6.45) is 0.315. The fourth-order valence-electron chi connectivity index (χ4n) is 1.63. The number of aryl methyl sites for hydroxylation is 1. The van der Waals surface area contributed by atoms with Gasteiger partial charge in [0, 0.05) is 19.2 Å². The number of thiocarbonyl (C=S) groups is 1. The third-order valence-corrected chi connectivity index (χ3v) is 3.81. The van der Waals surface area contributed by atoms with Crippen molar-refractivity contribution in [3.05, 3.63) is 24.3 Å². The second kappa shape index (κ2) is 6.03. The smallest absolute Gasteiger partial charge is 0.218 e. The number of carbonyl (C=O) groups is 1. The molecule has 1 aromatic carbocycles. The van der Waals surface area contributed by atoms with Gasteiger partial charge in [-0.05, 0) is 12.1 Å². The zero-order valence-electron chi connectivity index (χ0n) is 10.4. The first-order valence-corrected chi connectivity index (χ1v) is 7.11. The van der Waals surface area contributed by atoms with Gasteiger partial charge in [-0.15, -0.1) is 0 Å². The number of hydrogen-bond acceptors (Lipinski definition) is 4. The van der Waals surface area contributed by atoms with Crippen LogP contribution in [0.1, 0.15) is 6.42 Å². The predicted octanol–water partition coefficient (Wildman–Crippen LogP) is 1.88. The van der Waals surface area contributed by atoms with Crippen LogP contribution in [-0.2, 0) is 11.8 Å². The number of benzene rings is 1. The normalized spacial score (nSPS) is 10.6. The minimum atomic E-state index is -0.321. The summed E-state index contributed by atoms with van der Waals surface area (Å²) < 4.78 is 2.52. The fraction of sp³-hybridized carbons (Fsp3) is 0.250. The molecule has 0 saturated carbocycles. The van der Waals surface area contributed by atoms with Crippen LogP contribution in [0.4, 0.5) is 5.95 Å². The van der Waals surface area contributed by atoms with Gasteiger partial charge in [0.1, 0.15) is 4.32 Å². The van der Waals surface area contributed by atoms with Gasteiger partial charge in [0.2, 0.25) is 11.9 Å². The summed E-state index contributed by atoms with van der Waals surface area (Å²) in [6, 6.07) is 7.85. The average Bonchev–Trinajstić information content (AvgIpc) is 2.66. The lowest BCUT2D eigenvalue weighted by molar-refractivity contribution is -0.117. The van der Waals surface area contributed by atoms with Crippen molar-refractivity contribution in [3.8, 4) is 0 Å². The van der Waals surface area contributed by atoms with Crippen LogP contribution >= 0.6 is 24.0 Å². The third kappa shape index (κ3) is 3.45. The highest BCUT2D eigenvalue weighted by Gasteiger charge is 2.08. The first-order chi connectivity index (χ1) is 9.08. The number of fused-ring (bicyclic) bond motifs is 1. The molecule has 0 radical (unpaired) electrons. The molecule has 0 aliphatic heterocycles. The van der Waals surface area contributed by atoms with Gasteiger partial charge in [-0.25, -0.2) is 4.98 Å². The monoisotopic (exact) mass is 294 g/mol. The van der Waals surface area contributed by atoms with Crippen molar-refractivity contribution in [2.24, 2.45) is 12.8 Å². The molecule has 100 valence electrons. The molecule has 0 bridgehead atoms. The Kier molecular flexibility index (Phi) is 4.39. The molecular weight excluding hydrogens is 280 g/mol. The Balaban J connectivity index is 2.03. The SMILES string of the molecule is Cn1c(NC(=S)SCCC(N)=O)nc2ccccc21. The zero-order chi connectivity index (χ0) is 13.8. The highest BCUT2D eigenvalue weighted by molar-refractivity contribution is 8.23. The molecule has 2 aromatic rings. The van der Waals surface area contributed by atoms with Gasteiger partial charge in [0.25, 0.3) is 0 Å². The number of amides is 1. The number of hydrogen-bond donors (Lipinski definition) is 2. The number of carbonyl (C=O) groups excluding carboxylic acids is 1. The third-order valence-electron chi connectivity index (χ3n) is 2.58. The Morgan fingerprint density at radius 2 is 2.26 bits per heavy atom. The summed E-state index contributed by atoms with van der Waals surface area (Å²) in [5.41, 5.74) is 7.03. The van der Waals surface area contributed by atoms with Crippen LogP contribution in [0.25, 0.3) is 11.0 Å². The molecule has 7 heteroatoms. The molecule has 2 rings (SSSR count). The van der Waals surface area contributed by atoms with Crippen molar-refractivity contribution in [1.29, 1.82) is 0 Å². The number of nitrogens with zero attached hydrogens (tertiary/aromatic N) is 2. The summed E-state index contributed by atoms with van der Waals surface area (Å²) in [4.78, 5) is 15.1. The fourth-order valence-corrected chi connectivity index (χ4v) is 2.62. The van der Waals surface area contributed by atoms with E-state index < -0.39 is 0 Å². The average molecular weight is 294 g/mol. The van der Waals surface area contributed by atoms with E-state index in [4.69, 9.17) is 18.0 Å². The second-order valence-corrected chi connectivity index (χ2v) is 5.73. The highest BCUT2D eigenvalue weighted by Crippen LogP contribution is 2.19. The maximum atomic E-state index is 10.6. The molecule has 0 unspecified atom stereocenters. The van der Waals surface area contributed by atoms with Crippen LogP contribution in [0, 0.1) is 0 Å². The first kappa shape index (κ1) is 13.8. The molecule has 0 fully saturated rings. The summed E-state index contributed by atoms with van der Waals surface area (Å²) in [6.45, 7) is 0. The number of imidazole rings is 1. The Bertz CT molecular complexity index is 623. The van der Waals surface area contributed by atoms with E-state index in [1.54, 1.807) is 0 Å². The number of aromatic nitrogens is 2. The second-order valence-electron chi connectivity index (χ2n) is 3.96. The molecule has 1 amide bonds. The molecule has 0 aliphatic rings. The van der Waals surface area contributed by atoms with E-state index >= 15 is 0 Å². The van der Waals surface area contributed by atoms with Crippen LogP contribution in [0.3, 0.4) is 0 Å². The van der Waals surface area contributed by atoms with E-state index in [-0.39, 0.29) is 5.91 Å². The lowest BCUT2D eigenvalue weighted by Crippen LogP contribution is -2.14. The molecule has 0 aliphatic carbocycles. The molecule has 0 spiro atoms. The number of rotatable bonds is 4. The van der Waals surface area contributed by atoms with Gasteiger partial charge < -0.3 is 15.6 Å². The van der Waals surface area contributed by atoms with E-state index in [0.717, 1.165) is 11.0 Å². The molecule has 0 atom stereocenters. The topological polar surface area (TPSA) is 72.9 Å². The lowest BCUT2D eigenvalue weighted by Gasteiger charge is -2.06. The summed E-state index contributed by atoms with van der Waals surface area (Å²) in [5.74, 6) is 0.946. The molecular formula is C12H14N4OS2. The number of para-hydroxylation sites is 2. The number of nitrogens with two attached hydrogens (primary N) is 1. The summed E-state index contributed by atoms with van der Waals surface area (Å²) in [5, 5.41) is 3.07. The van der Waals surface area contributed by atoms with Crippen molar-refractivity contribution in [3.63, 3.8) is 0 Å². The maximum Gasteiger partial charge on any atom is 0.218 e. The quantitative estimate of drug-likeness (QED) is 0.842. The Labute approximate surface area is 120 Å². The zero-order valence-corrected chi connectivity index (χ0v) is 12.1. The van der Waals surface area contributed by atoms with Gasteiger partial charge >= 0.3 is 0 Å². The van der Waals surface area contributed by atoms with Gasteiger partial charge in [-0.1, -0.05) is 36.1 Å². The van der Waals surface area contributed by atoms with E-state index in [1.807, 2.05) is 35.9 Å². The number of nitrogens with one attached hydrogen (secondary N) is 1. The van der Waals surface area contributed by atoms with Crippen molar-refractivity contribution in [2.45, 2.75) is 6.42 Å². The number of primary amides is 1. The molecule has 3 N–H and O–H groups in total. The van der Waals surface area contributed by atoms with Crippen LogP contribution in [-0.4, -0.2) is 25.5 Å². The summed E-state index contributed by atoms with van der Waals surface area (Å²) in [7, 11) is 1.92. The van der Waals surface area contributed by atoms with Crippen LogP contribution in [0.5, 0.6) is 0 Å². The number of thioether (sulfide) groups is 1. The Hall–Kier alpha value is -1.60. The van der Waals surface area contributed by atoms with Crippen molar-refractivity contribution in [2.75, 3.05) is 11.1 Å². The lowest BCUT2D eigenvalue weighted by atomic mass is 10.3. The molecule has 1 heterocycles. The molecule has 19 heavy (non-hydrogen) atoms. The van der Waals surface area contributed by atoms with Gasteiger partial charge in [0.05, 0.1) is 11.0 Å². The van der Waals surface area contributed by atoms with E-state index in [1.165, 1.54) is 11.8 Å². The largest absolute Gasteiger partial charge is 0.370 e. The number of anilines is 1. The van der Waals surface area contributed by atoms with Crippen molar-refractivity contribution >= 4 is 51.2 Å². The summed E-state index contributed by atoms with van der Waals surface area (Å²) >= 11 is 6.58. The Morgan fingerprint density at radius 3 is 2.95 bits per heavy atom. The predicted molar refractivity (Wildman–Crippen MR) is 83.2 cm³/mol. The van der Waals surface area contributed by atoms with Gasteiger partial charge in [-0.3, -0.25) is 4.79 Å².